The van der Waals surface area contributed by atoms with E-state index >= 15 is 0 Å². The van der Waals surface area contributed by atoms with Gasteiger partial charge in [-0.3, -0.25) is 5.32 Å². The van der Waals surface area contributed by atoms with Crippen molar-refractivity contribution in [3.05, 3.63) is 0 Å². The zero-order chi connectivity index (χ0) is 6.57. The molecule has 2 atom stereocenters. The number of likely N-dealkylation sites (N-methyl/N-ethyl adjacent to an activating group) is 1. The summed E-state index contributed by atoms with van der Waals surface area (Å²) < 4.78 is 4.57. The monoisotopic (exact) mass is 120 g/mol. The van der Waals surface area contributed by atoms with Gasteiger partial charge in [0.2, 0.25) is 0 Å². The van der Waals surface area contributed by atoms with Crippen LogP contribution in [0.1, 0.15) is 0 Å². The van der Waals surface area contributed by atoms with Gasteiger partial charge < -0.3 is 15.6 Å². The molecule has 4 nitrogen and oxygen atoms in total. The highest BCUT2D eigenvalue weighted by atomic mass is 16.5. The maximum absolute atomic E-state index is 8.77. The number of nitrogens with one attached hydrogen (secondary N) is 1. The third-order valence-corrected chi connectivity index (χ3v) is 0.879. The van der Waals surface area contributed by atoms with E-state index in [1.807, 2.05) is 0 Å². The van der Waals surface area contributed by atoms with Gasteiger partial charge in [0.05, 0.1) is 0 Å². The Morgan fingerprint density at radius 2 is 2.25 bits per heavy atom. The van der Waals surface area contributed by atoms with E-state index in [4.69, 9.17) is 10.8 Å². The predicted octanol–water partition coefficient (Wildman–Crippen LogP) is -1.54. The van der Waals surface area contributed by atoms with E-state index in [0.29, 0.717) is 0 Å². The second-order valence-electron chi connectivity index (χ2n) is 1.43. The summed E-state index contributed by atoms with van der Waals surface area (Å²) in [6, 6.07) is 0. The molecule has 0 radical (unpaired) electrons. The van der Waals surface area contributed by atoms with Gasteiger partial charge in [0.15, 0.2) is 0 Å². The standard InChI is InChI=1S/C4H12N2O2/c1-6-4(7)3(5)8-2/h3-4,6-7H,5H2,1-2H3. The van der Waals surface area contributed by atoms with Gasteiger partial charge >= 0.3 is 0 Å². The number of methoxy groups -OCH3 is 1. The van der Waals surface area contributed by atoms with Crippen molar-refractivity contribution in [2.24, 2.45) is 5.73 Å². The molecule has 0 aliphatic carbocycles. The van der Waals surface area contributed by atoms with Crippen molar-refractivity contribution in [1.29, 1.82) is 0 Å². The summed E-state index contributed by atoms with van der Waals surface area (Å²) in [6.07, 6.45) is -1.42. The molecule has 0 saturated carbocycles. The zero-order valence-electron chi connectivity index (χ0n) is 5.09. The fraction of sp³-hybridized carbons (Fsp3) is 1.00. The minimum atomic E-state index is -0.778. The molecule has 0 aliphatic rings. The van der Waals surface area contributed by atoms with Crippen LogP contribution in [-0.2, 0) is 4.74 Å². The molecule has 4 heteroatoms. The lowest BCUT2D eigenvalue weighted by atomic mass is 10.5. The van der Waals surface area contributed by atoms with Crippen LogP contribution in [0.5, 0.6) is 0 Å². The third kappa shape index (κ3) is 2.23. The van der Waals surface area contributed by atoms with Crippen LogP contribution >= 0.6 is 0 Å². The molecule has 4 N–H and O–H groups in total. The lowest BCUT2D eigenvalue weighted by Crippen LogP contribution is -2.44. The predicted molar refractivity (Wildman–Crippen MR) is 30.1 cm³/mol. The number of aliphatic hydroxyl groups is 1. The fourth-order valence-corrected chi connectivity index (χ4v) is 0.293. The van der Waals surface area contributed by atoms with Gasteiger partial charge in [-0.25, -0.2) is 0 Å². The van der Waals surface area contributed by atoms with Crippen LogP contribution in [-0.4, -0.2) is 31.7 Å². The molecule has 0 fully saturated rings. The first kappa shape index (κ1) is 7.84. The Balaban J connectivity index is 3.29. The zero-order valence-corrected chi connectivity index (χ0v) is 5.09. The van der Waals surface area contributed by atoms with E-state index in [9.17, 15) is 0 Å². The SMILES string of the molecule is CNC(O)C(N)OC. The van der Waals surface area contributed by atoms with Gasteiger partial charge in [-0.15, -0.1) is 0 Å². The maximum Gasteiger partial charge on any atom is 0.145 e. The van der Waals surface area contributed by atoms with Gasteiger partial charge in [0.1, 0.15) is 12.5 Å². The maximum atomic E-state index is 8.77. The molecule has 8 heavy (non-hydrogen) atoms. The molecule has 50 valence electrons. The van der Waals surface area contributed by atoms with Crippen LogP contribution in [0.15, 0.2) is 0 Å². The van der Waals surface area contributed by atoms with Gasteiger partial charge in [0, 0.05) is 7.11 Å². The number of nitrogens with two attached hydrogens (primary N) is 1. The Bertz CT molecular complexity index is 52.0. The number of hydrogen-bond acceptors (Lipinski definition) is 4. The first-order chi connectivity index (χ1) is 3.72. The molecule has 0 aromatic heterocycles. The summed E-state index contributed by atoms with van der Waals surface area (Å²) in [7, 11) is 3.04. The molecular formula is C4H12N2O2. The largest absolute Gasteiger partial charge is 0.374 e. The van der Waals surface area contributed by atoms with Crippen molar-refractivity contribution >= 4 is 0 Å². The van der Waals surface area contributed by atoms with E-state index in [2.05, 4.69) is 10.1 Å². The summed E-state index contributed by atoms with van der Waals surface area (Å²) in [4.78, 5) is 0. The average Bonchev–Trinajstić information content (AvgIpc) is 1.84. The Morgan fingerprint density at radius 1 is 1.75 bits per heavy atom. The van der Waals surface area contributed by atoms with E-state index in [1.54, 1.807) is 7.05 Å². The smallest absolute Gasteiger partial charge is 0.145 e. The molecular weight excluding hydrogens is 108 g/mol. The quantitative estimate of drug-likeness (QED) is 0.395. The second-order valence-corrected chi connectivity index (χ2v) is 1.43. The van der Waals surface area contributed by atoms with Crippen LogP contribution in [0.3, 0.4) is 0 Å². The molecule has 0 heterocycles. The number of aliphatic hydroxyl groups excluding tert-OH is 1. The van der Waals surface area contributed by atoms with Crippen LogP contribution < -0.4 is 11.1 Å². The third-order valence-electron chi connectivity index (χ3n) is 0.879. The van der Waals surface area contributed by atoms with Gasteiger partial charge in [0.25, 0.3) is 0 Å². The van der Waals surface area contributed by atoms with Crippen molar-refractivity contribution in [2.75, 3.05) is 14.2 Å². The van der Waals surface area contributed by atoms with Crippen LogP contribution in [0.25, 0.3) is 0 Å². The Hall–Kier alpha value is -0.160. The Morgan fingerprint density at radius 3 is 2.38 bits per heavy atom. The molecule has 2 unspecified atom stereocenters. The summed E-state index contributed by atoms with van der Waals surface area (Å²) in [5, 5.41) is 11.3. The lowest BCUT2D eigenvalue weighted by molar-refractivity contribution is -0.0211. The highest BCUT2D eigenvalue weighted by Gasteiger charge is 2.08. The molecule has 0 bridgehead atoms. The molecule has 0 aliphatic heterocycles. The van der Waals surface area contributed by atoms with E-state index in [1.165, 1.54) is 7.11 Å². The van der Waals surface area contributed by atoms with Crippen LogP contribution in [0, 0.1) is 0 Å². The summed E-state index contributed by atoms with van der Waals surface area (Å²) >= 11 is 0. The van der Waals surface area contributed by atoms with Gasteiger partial charge in [-0.2, -0.15) is 0 Å². The Kier molecular flexibility index (Phi) is 3.72. The molecule has 0 spiro atoms. The van der Waals surface area contributed by atoms with Crippen LogP contribution in [0.2, 0.25) is 0 Å². The van der Waals surface area contributed by atoms with E-state index < -0.39 is 12.5 Å². The van der Waals surface area contributed by atoms with E-state index in [-0.39, 0.29) is 0 Å². The molecule has 0 aromatic carbocycles. The molecule has 0 saturated heterocycles. The Labute approximate surface area is 48.6 Å². The van der Waals surface area contributed by atoms with Crippen molar-refractivity contribution in [2.45, 2.75) is 12.5 Å². The minimum absolute atomic E-state index is 0.639. The molecule has 0 rings (SSSR count). The number of ether oxygens (including phenoxy) is 1. The molecule has 0 amide bonds. The van der Waals surface area contributed by atoms with Gasteiger partial charge in [-0.05, 0) is 7.05 Å². The topological polar surface area (TPSA) is 67.5 Å². The normalized spacial score (nSPS) is 18.0. The average molecular weight is 120 g/mol. The summed E-state index contributed by atoms with van der Waals surface area (Å²) in [6.45, 7) is 0. The fourth-order valence-electron chi connectivity index (χ4n) is 0.293. The number of hydrogen-bond donors (Lipinski definition) is 3. The van der Waals surface area contributed by atoms with Crippen molar-refractivity contribution < 1.29 is 9.84 Å². The summed E-state index contributed by atoms with van der Waals surface area (Å²) in [5.41, 5.74) is 5.19. The van der Waals surface area contributed by atoms with Crippen LogP contribution in [0.4, 0.5) is 0 Å². The van der Waals surface area contributed by atoms with Crippen molar-refractivity contribution in [1.82, 2.24) is 5.32 Å². The van der Waals surface area contributed by atoms with E-state index in [0.717, 1.165) is 0 Å². The number of rotatable bonds is 3. The molecule has 0 aromatic rings. The van der Waals surface area contributed by atoms with Gasteiger partial charge in [-0.1, -0.05) is 0 Å². The van der Waals surface area contributed by atoms with Crippen molar-refractivity contribution in [3.63, 3.8) is 0 Å². The second kappa shape index (κ2) is 3.80. The first-order valence-corrected chi connectivity index (χ1v) is 2.36. The minimum Gasteiger partial charge on any atom is -0.374 e. The lowest BCUT2D eigenvalue weighted by Gasteiger charge is -2.15. The summed E-state index contributed by atoms with van der Waals surface area (Å²) in [5.74, 6) is 0. The highest BCUT2D eigenvalue weighted by molar-refractivity contribution is 4.54. The van der Waals surface area contributed by atoms with Crippen molar-refractivity contribution in [3.8, 4) is 0 Å². The highest BCUT2D eigenvalue weighted by Crippen LogP contribution is 1.82. The first-order valence-electron chi connectivity index (χ1n) is 2.36.